The van der Waals surface area contributed by atoms with Crippen molar-refractivity contribution in [2.45, 2.75) is 90.4 Å². The van der Waals surface area contributed by atoms with Crippen molar-refractivity contribution in [1.82, 2.24) is 0 Å². The Bertz CT molecular complexity index is 1450. The fraction of sp³-hybridized carbons (Fsp3) is 0.444. The highest BCUT2D eigenvalue weighted by molar-refractivity contribution is 5.67. The second kappa shape index (κ2) is 16.1. The summed E-state index contributed by atoms with van der Waals surface area (Å²) in [7, 11) is 0. The maximum absolute atomic E-state index is 15.2. The molecule has 0 saturated carbocycles. The third kappa shape index (κ3) is 7.99. The van der Waals surface area contributed by atoms with Crippen molar-refractivity contribution < 1.29 is 35.8 Å². The average Bonchev–Trinajstić information content (AvgIpc) is 3.03. The summed E-state index contributed by atoms with van der Waals surface area (Å²) in [5, 5.41) is 0. The molecule has 2 nitrogen and oxygen atoms in total. The number of benzene rings is 3. The van der Waals surface area contributed by atoms with Gasteiger partial charge >= 0.3 is 0 Å². The first-order valence-corrected chi connectivity index (χ1v) is 15.6. The number of rotatable bonds is 15. The zero-order chi connectivity index (χ0) is 31.6. The van der Waals surface area contributed by atoms with Gasteiger partial charge in [-0.3, -0.25) is 0 Å². The minimum absolute atomic E-state index is 0.0236. The molecule has 0 saturated heterocycles. The molecule has 0 heterocycles. The van der Waals surface area contributed by atoms with Gasteiger partial charge in [-0.15, -0.1) is 0 Å². The Morgan fingerprint density at radius 2 is 1.20 bits per heavy atom. The van der Waals surface area contributed by atoms with Gasteiger partial charge < -0.3 is 9.47 Å². The summed E-state index contributed by atoms with van der Waals surface area (Å²) in [6, 6.07) is 8.68. The lowest BCUT2D eigenvalue weighted by atomic mass is 9.82. The summed E-state index contributed by atoms with van der Waals surface area (Å²) < 4.78 is 99.6. The monoisotopic (exact) mass is 618 g/mol. The van der Waals surface area contributed by atoms with Crippen LogP contribution >= 0.6 is 0 Å². The third-order valence-corrected chi connectivity index (χ3v) is 8.24. The van der Waals surface area contributed by atoms with E-state index in [-0.39, 0.29) is 52.5 Å². The van der Waals surface area contributed by atoms with Gasteiger partial charge in [-0.25, -0.2) is 17.6 Å². The molecule has 0 aromatic heterocycles. The third-order valence-electron chi connectivity index (χ3n) is 8.24. The van der Waals surface area contributed by atoms with Crippen LogP contribution in [0.1, 0.15) is 99.8 Å². The molecule has 0 fully saturated rings. The molecule has 44 heavy (non-hydrogen) atoms. The fourth-order valence-electron chi connectivity index (χ4n) is 5.55. The number of ether oxygens (including phenoxy) is 2. The largest absolute Gasteiger partial charge is 0.490 e. The number of hydrogen-bond acceptors (Lipinski definition) is 2. The Hall–Kier alpha value is -3.42. The second-order valence-electron chi connectivity index (χ2n) is 11.3. The van der Waals surface area contributed by atoms with E-state index < -0.39 is 34.9 Å². The molecule has 0 radical (unpaired) electrons. The van der Waals surface area contributed by atoms with Crippen molar-refractivity contribution in [2.75, 3.05) is 13.2 Å². The minimum atomic E-state index is -1.08. The highest BCUT2D eigenvalue weighted by atomic mass is 19.2. The molecule has 3 aromatic carbocycles. The Labute approximate surface area is 256 Å². The van der Waals surface area contributed by atoms with Crippen LogP contribution in [0.15, 0.2) is 42.5 Å². The molecule has 8 heteroatoms. The molecule has 3 aromatic rings. The number of allylic oxidation sites excluding steroid dienone is 2. The van der Waals surface area contributed by atoms with E-state index in [4.69, 9.17) is 9.47 Å². The predicted octanol–water partition coefficient (Wildman–Crippen LogP) is 10.8. The van der Waals surface area contributed by atoms with Crippen LogP contribution in [0.5, 0.6) is 11.5 Å². The van der Waals surface area contributed by atoms with E-state index >= 15 is 8.78 Å². The first-order chi connectivity index (χ1) is 21.3. The van der Waals surface area contributed by atoms with Crippen molar-refractivity contribution in [2.24, 2.45) is 0 Å². The molecular weight excluding hydrogens is 578 g/mol. The standard InChI is InChI=1S/C36H40F6O2/c1-3-5-7-8-22-44-29-19-16-26(32(38)35(29)41)14-13-25-15-17-27(33(39)31(25)37)23-9-11-24(12-10-23)28-18-20-30(36(42)34(28)40)43-21-6-4-2/h9,15-20,24H,3-8,10-14,21-22H2,1-2H3. The summed E-state index contributed by atoms with van der Waals surface area (Å²) in [6.45, 7) is 4.65. The summed E-state index contributed by atoms with van der Waals surface area (Å²) >= 11 is 0. The van der Waals surface area contributed by atoms with Crippen LogP contribution in [0.25, 0.3) is 5.57 Å². The zero-order valence-electron chi connectivity index (χ0n) is 25.4. The van der Waals surface area contributed by atoms with Crippen LogP contribution in [0.2, 0.25) is 0 Å². The van der Waals surface area contributed by atoms with Gasteiger partial charge in [0, 0.05) is 5.56 Å². The van der Waals surface area contributed by atoms with Gasteiger partial charge in [-0.2, -0.15) is 8.78 Å². The highest BCUT2D eigenvalue weighted by Crippen LogP contribution is 2.39. The molecule has 1 unspecified atom stereocenters. The number of aryl methyl sites for hydroxylation is 2. The summed E-state index contributed by atoms with van der Waals surface area (Å²) in [6.07, 6.45) is 8.22. The Morgan fingerprint density at radius 3 is 1.84 bits per heavy atom. The molecule has 0 aliphatic heterocycles. The van der Waals surface area contributed by atoms with Gasteiger partial charge in [0.2, 0.25) is 11.6 Å². The van der Waals surface area contributed by atoms with Crippen LogP contribution in [0.3, 0.4) is 0 Å². The maximum Gasteiger partial charge on any atom is 0.200 e. The zero-order valence-corrected chi connectivity index (χ0v) is 25.4. The lowest BCUT2D eigenvalue weighted by Crippen LogP contribution is -2.10. The Kier molecular flexibility index (Phi) is 12.2. The molecule has 1 atom stereocenters. The van der Waals surface area contributed by atoms with Gasteiger partial charge in [0.1, 0.15) is 0 Å². The van der Waals surface area contributed by atoms with Crippen molar-refractivity contribution in [3.8, 4) is 11.5 Å². The van der Waals surface area contributed by atoms with Gasteiger partial charge in [-0.05, 0) is 85.3 Å². The topological polar surface area (TPSA) is 18.5 Å². The normalized spacial score (nSPS) is 14.9. The molecule has 0 spiro atoms. The number of unbranched alkanes of at least 4 members (excludes halogenated alkanes) is 4. The Balaban J connectivity index is 1.39. The van der Waals surface area contributed by atoms with Gasteiger partial charge in [0.05, 0.1) is 13.2 Å². The smallest absolute Gasteiger partial charge is 0.200 e. The molecule has 1 aliphatic carbocycles. The van der Waals surface area contributed by atoms with Crippen LogP contribution in [-0.2, 0) is 12.8 Å². The average molecular weight is 619 g/mol. The number of hydrogen-bond donors (Lipinski definition) is 0. The minimum Gasteiger partial charge on any atom is -0.490 e. The van der Waals surface area contributed by atoms with Gasteiger partial charge in [0.15, 0.2) is 34.8 Å². The van der Waals surface area contributed by atoms with E-state index in [1.807, 2.05) is 6.92 Å². The highest BCUT2D eigenvalue weighted by Gasteiger charge is 2.26. The van der Waals surface area contributed by atoms with Crippen molar-refractivity contribution in [1.29, 1.82) is 0 Å². The molecule has 0 N–H and O–H groups in total. The molecule has 238 valence electrons. The van der Waals surface area contributed by atoms with E-state index in [0.717, 1.165) is 38.5 Å². The predicted molar refractivity (Wildman–Crippen MR) is 161 cm³/mol. The Morgan fingerprint density at radius 1 is 0.614 bits per heavy atom. The first kappa shape index (κ1) is 33.5. The summed E-state index contributed by atoms with van der Waals surface area (Å²) in [5.74, 6) is -6.72. The second-order valence-corrected chi connectivity index (χ2v) is 11.3. The SMILES string of the molecule is CCCCCCOc1ccc(CCc2ccc(C3=CCC(c4ccc(OCCCC)c(F)c4F)CC3)c(F)c2F)c(F)c1F. The molecule has 0 bridgehead atoms. The molecule has 4 rings (SSSR count). The van der Waals surface area contributed by atoms with E-state index in [0.29, 0.717) is 38.0 Å². The summed E-state index contributed by atoms with van der Waals surface area (Å²) in [4.78, 5) is 0. The molecule has 1 aliphatic rings. The quantitative estimate of drug-likeness (QED) is 0.125. The van der Waals surface area contributed by atoms with E-state index in [1.54, 1.807) is 6.08 Å². The lowest BCUT2D eigenvalue weighted by Gasteiger charge is -2.24. The number of halogens is 6. The summed E-state index contributed by atoms with van der Waals surface area (Å²) in [5.41, 5.74) is 1.03. The fourth-order valence-corrected chi connectivity index (χ4v) is 5.55. The molecular formula is C36H40F6O2. The van der Waals surface area contributed by atoms with Crippen molar-refractivity contribution >= 4 is 5.57 Å². The van der Waals surface area contributed by atoms with E-state index in [9.17, 15) is 17.6 Å². The van der Waals surface area contributed by atoms with Crippen molar-refractivity contribution in [3.63, 3.8) is 0 Å². The van der Waals surface area contributed by atoms with Crippen LogP contribution in [0, 0.1) is 34.9 Å². The van der Waals surface area contributed by atoms with Crippen LogP contribution in [-0.4, -0.2) is 13.2 Å². The lowest BCUT2D eigenvalue weighted by molar-refractivity contribution is 0.284. The first-order valence-electron chi connectivity index (χ1n) is 15.6. The van der Waals surface area contributed by atoms with Gasteiger partial charge in [-0.1, -0.05) is 69.9 Å². The van der Waals surface area contributed by atoms with Crippen molar-refractivity contribution in [3.05, 3.63) is 99.6 Å². The van der Waals surface area contributed by atoms with E-state index in [1.165, 1.54) is 36.4 Å². The van der Waals surface area contributed by atoms with Crippen LogP contribution < -0.4 is 9.47 Å². The van der Waals surface area contributed by atoms with Gasteiger partial charge in [0.25, 0.3) is 0 Å². The maximum atomic E-state index is 15.2. The molecule has 0 amide bonds. The van der Waals surface area contributed by atoms with Crippen LogP contribution in [0.4, 0.5) is 26.3 Å². The van der Waals surface area contributed by atoms with E-state index in [2.05, 4.69) is 6.92 Å².